The molecule has 4 aromatic rings. The van der Waals surface area contributed by atoms with Gasteiger partial charge in [0.2, 0.25) is 0 Å². The highest BCUT2D eigenvalue weighted by atomic mass is 19.1. The summed E-state index contributed by atoms with van der Waals surface area (Å²) in [4.78, 5) is 26.9. The molecule has 0 spiro atoms. The summed E-state index contributed by atoms with van der Waals surface area (Å²) in [5, 5.41) is 11.2. The SMILES string of the molecule is O=c1c([N+](=O)[O-])cn(-c2ccc(F)cc2)c2cc(-c3ccncc3)c(F)cc12. The molecule has 4 rings (SSSR count). The van der Waals surface area contributed by atoms with Crippen LogP contribution in [0.25, 0.3) is 27.7 Å². The highest BCUT2D eigenvalue weighted by Crippen LogP contribution is 2.29. The summed E-state index contributed by atoms with van der Waals surface area (Å²) in [5.74, 6) is -1.17. The van der Waals surface area contributed by atoms with E-state index in [-0.39, 0.29) is 16.5 Å². The first-order valence-electron chi connectivity index (χ1n) is 8.15. The van der Waals surface area contributed by atoms with Gasteiger partial charge in [0.15, 0.2) is 0 Å². The summed E-state index contributed by atoms with van der Waals surface area (Å²) in [6.07, 6.45) is 4.07. The highest BCUT2D eigenvalue weighted by molar-refractivity contribution is 5.87. The molecule has 0 saturated heterocycles. The zero-order valence-electron chi connectivity index (χ0n) is 14.2. The van der Waals surface area contributed by atoms with E-state index in [0.29, 0.717) is 11.3 Å². The maximum Gasteiger partial charge on any atom is 0.333 e. The van der Waals surface area contributed by atoms with Gasteiger partial charge in [-0.3, -0.25) is 19.9 Å². The van der Waals surface area contributed by atoms with E-state index >= 15 is 0 Å². The van der Waals surface area contributed by atoms with E-state index in [4.69, 9.17) is 0 Å². The minimum absolute atomic E-state index is 0.145. The summed E-state index contributed by atoms with van der Waals surface area (Å²) in [6.45, 7) is 0. The van der Waals surface area contributed by atoms with Crippen molar-refractivity contribution >= 4 is 16.6 Å². The van der Waals surface area contributed by atoms with Crippen molar-refractivity contribution in [3.8, 4) is 16.8 Å². The van der Waals surface area contributed by atoms with Crippen molar-refractivity contribution in [1.29, 1.82) is 0 Å². The molecule has 0 bridgehead atoms. The molecule has 138 valence electrons. The lowest BCUT2D eigenvalue weighted by atomic mass is 10.0. The van der Waals surface area contributed by atoms with E-state index in [1.807, 2.05) is 0 Å². The van der Waals surface area contributed by atoms with Crippen LogP contribution in [0, 0.1) is 21.7 Å². The summed E-state index contributed by atoms with van der Waals surface area (Å²) in [7, 11) is 0. The Kier molecular flexibility index (Phi) is 4.15. The zero-order chi connectivity index (χ0) is 19.8. The molecule has 0 unspecified atom stereocenters. The Labute approximate surface area is 156 Å². The summed E-state index contributed by atoms with van der Waals surface area (Å²) >= 11 is 0. The summed E-state index contributed by atoms with van der Waals surface area (Å²) in [6, 6.07) is 10.9. The molecule has 0 N–H and O–H groups in total. The largest absolute Gasteiger partial charge is 0.333 e. The fourth-order valence-corrected chi connectivity index (χ4v) is 3.03. The molecular weight excluding hydrogens is 368 g/mol. The standard InChI is InChI=1S/C20H11F2N3O3/c21-13-1-3-14(4-2-13)24-11-19(25(27)28)20(26)16-9-17(22)15(10-18(16)24)12-5-7-23-8-6-12/h1-11H. The van der Waals surface area contributed by atoms with Crippen molar-refractivity contribution in [2.45, 2.75) is 0 Å². The number of benzene rings is 2. The third-order valence-electron chi connectivity index (χ3n) is 4.37. The van der Waals surface area contributed by atoms with Crippen LogP contribution >= 0.6 is 0 Å². The Bertz CT molecular complexity index is 1270. The Morgan fingerprint density at radius 2 is 1.68 bits per heavy atom. The van der Waals surface area contributed by atoms with Gasteiger partial charge in [-0.15, -0.1) is 0 Å². The number of hydrogen-bond donors (Lipinski definition) is 0. The van der Waals surface area contributed by atoms with Crippen molar-refractivity contribution < 1.29 is 13.7 Å². The van der Waals surface area contributed by atoms with Crippen molar-refractivity contribution in [3.63, 3.8) is 0 Å². The van der Waals surface area contributed by atoms with Gasteiger partial charge in [-0.1, -0.05) is 0 Å². The van der Waals surface area contributed by atoms with Crippen molar-refractivity contribution in [1.82, 2.24) is 9.55 Å². The molecule has 2 aromatic carbocycles. The number of nitro groups is 1. The third kappa shape index (κ3) is 2.90. The average Bonchev–Trinajstić information content (AvgIpc) is 2.69. The fourth-order valence-electron chi connectivity index (χ4n) is 3.03. The number of aromatic nitrogens is 2. The predicted octanol–water partition coefficient (Wildman–Crippen LogP) is 4.24. The lowest BCUT2D eigenvalue weighted by Crippen LogP contribution is -2.13. The maximum atomic E-state index is 14.7. The van der Waals surface area contributed by atoms with Crippen LogP contribution in [0.5, 0.6) is 0 Å². The second kappa shape index (κ2) is 6.66. The van der Waals surface area contributed by atoms with E-state index in [2.05, 4.69) is 4.98 Å². The van der Waals surface area contributed by atoms with E-state index in [0.717, 1.165) is 12.3 Å². The molecule has 0 atom stereocenters. The number of pyridine rings is 2. The average molecular weight is 379 g/mol. The van der Waals surface area contributed by atoms with Crippen LogP contribution in [-0.4, -0.2) is 14.5 Å². The normalized spacial score (nSPS) is 10.9. The van der Waals surface area contributed by atoms with Crippen LogP contribution in [0.1, 0.15) is 0 Å². The zero-order valence-corrected chi connectivity index (χ0v) is 14.2. The van der Waals surface area contributed by atoms with Gasteiger partial charge < -0.3 is 4.57 Å². The van der Waals surface area contributed by atoms with Crippen molar-refractivity contribution in [2.24, 2.45) is 0 Å². The molecule has 0 radical (unpaired) electrons. The monoisotopic (exact) mass is 379 g/mol. The van der Waals surface area contributed by atoms with Gasteiger partial charge in [-0.2, -0.15) is 0 Å². The van der Waals surface area contributed by atoms with Gasteiger partial charge in [0.1, 0.15) is 11.6 Å². The van der Waals surface area contributed by atoms with Gasteiger partial charge in [0, 0.05) is 23.6 Å². The number of halogens is 2. The molecule has 2 heterocycles. The lowest BCUT2D eigenvalue weighted by molar-refractivity contribution is -0.386. The number of fused-ring (bicyclic) bond motifs is 1. The maximum absolute atomic E-state index is 14.7. The Balaban J connectivity index is 2.11. The Morgan fingerprint density at radius 3 is 2.32 bits per heavy atom. The third-order valence-corrected chi connectivity index (χ3v) is 4.37. The molecular formula is C20H11F2N3O3. The first-order valence-corrected chi connectivity index (χ1v) is 8.15. The van der Waals surface area contributed by atoms with Crippen LogP contribution in [-0.2, 0) is 0 Å². The molecule has 0 amide bonds. The fraction of sp³-hybridized carbons (Fsp3) is 0. The summed E-state index contributed by atoms with van der Waals surface area (Å²) in [5.41, 5.74) is -0.200. The lowest BCUT2D eigenvalue weighted by Gasteiger charge is -2.13. The topological polar surface area (TPSA) is 78.0 Å². The molecule has 8 heteroatoms. The van der Waals surface area contributed by atoms with Gasteiger partial charge >= 0.3 is 5.69 Å². The smallest absolute Gasteiger partial charge is 0.310 e. The summed E-state index contributed by atoms with van der Waals surface area (Å²) < 4.78 is 29.4. The highest BCUT2D eigenvalue weighted by Gasteiger charge is 2.20. The van der Waals surface area contributed by atoms with Gasteiger partial charge in [0.05, 0.1) is 22.0 Å². The van der Waals surface area contributed by atoms with Gasteiger partial charge in [0.25, 0.3) is 5.43 Å². The van der Waals surface area contributed by atoms with Crippen LogP contribution in [0.4, 0.5) is 14.5 Å². The van der Waals surface area contributed by atoms with Crippen LogP contribution in [0.15, 0.2) is 71.9 Å². The first kappa shape index (κ1) is 17.5. The molecule has 0 fully saturated rings. The van der Waals surface area contributed by atoms with E-state index in [1.165, 1.54) is 47.3 Å². The molecule has 0 saturated carbocycles. The second-order valence-corrected chi connectivity index (χ2v) is 6.03. The van der Waals surface area contributed by atoms with Gasteiger partial charge in [-0.05, 0) is 54.1 Å². The first-order chi connectivity index (χ1) is 13.5. The minimum atomic E-state index is -0.890. The molecule has 2 aromatic heterocycles. The van der Waals surface area contributed by atoms with Gasteiger partial charge in [-0.25, -0.2) is 8.78 Å². The van der Waals surface area contributed by atoms with E-state index in [9.17, 15) is 23.7 Å². The van der Waals surface area contributed by atoms with Crippen LogP contribution in [0.2, 0.25) is 0 Å². The molecule has 0 aliphatic heterocycles. The number of rotatable bonds is 3. The Hall–Kier alpha value is -3.94. The van der Waals surface area contributed by atoms with Crippen molar-refractivity contribution in [3.05, 3.63) is 99.1 Å². The molecule has 0 aliphatic rings. The predicted molar refractivity (Wildman–Crippen MR) is 99.3 cm³/mol. The number of hydrogen-bond acceptors (Lipinski definition) is 4. The Morgan fingerprint density at radius 1 is 1.00 bits per heavy atom. The van der Waals surface area contributed by atoms with Crippen LogP contribution < -0.4 is 5.43 Å². The number of nitrogens with zero attached hydrogens (tertiary/aromatic N) is 3. The second-order valence-electron chi connectivity index (χ2n) is 6.03. The minimum Gasteiger partial charge on any atom is -0.310 e. The van der Waals surface area contributed by atoms with Crippen LogP contribution in [0.3, 0.4) is 0 Å². The van der Waals surface area contributed by atoms with E-state index < -0.39 is 27.7 Å². The van der Waals surface area contributed by atoms with Crippen molar-refractivity contribution in [2.75, 3.05) is 0 Å². The molecule has 6 nitrogen and oxygen atoms in total. The molecule has 28 heavy (non-hydrogen) atoms. The quantitative estimate of drug-likeness (QED) is 0.394. The molecule has 0 aliphatic carbocycles. The van der Waals surface area contributed by atoms with E-state index in [1.54, 1.807) is 12.1 Å².